The van der Waals surface area contributed by atoms with E-state index in [0.717, 1.165) is 6.07 Å². The molecule has 0 fully saturated rings. The average Bonchev–Trinajstić information content (AvgIpc) is 2.69. The van der Waals surface area contributed by atoms with Gasteiger partial charge in [-0.05, 0) is 32.9 Å². The zero-order valence-electron chi connectivity index (χ0n) is 11.4. The highest BCUT2D eigenvalue weighted by molar-refractivity contribution is 5.86. The summed E-state index contributed by atoms with van der Waals surface area (Å²) in [6.07, 6.45) is 0. The van der Waals surface area contributed by atoms with Gasteiger partial charge >= 0.3 is 0 Å². The molecule has 3 N–H and O–H groups in total. The number of anilines is 1. The van der Waals surface area contributed by atoms with Crippen molar-refractivity contribution in [3.63, 3.8) is 0 Å². The molecule has 20 heavy (non-hydrogen) atoms. The van der Waals surface area contributed by atoms with Gasteiger partial charge in [0.1, 0.15) is 11.6 Å². The molecule has 5 nitrogen and oxygen atoms in total. The van der Waals surface area contributed by atoms with Crippen LogP contribution in [0, 0.1) is 11.6 Å². The molecular formula is C13H16F2N4O. The maximum atomic E-state index is 13.9. The number of nitrogens with two attached hydrogens (primary N) is 1. The molecule has 1 heterocycles. The van der Waals surface area contributed by atoms with Crippen LogP contribution in [0.5, 0.6) is 0 Å². The van der Waals surface area contributed by atoms with E-state index in [1.165, 1.54) is 10.6 Å². The standard InChI is InChI=1S/C13H16F2N4O/c1-6(2)17-12(20)7(3)19-11-9(18-13(19)16)5-4-8(14)10(11)15/h4-7H,1-3H3,(H2,16,18)(H,17,20). The average molecular weight is 282 g/mol. The number of carbonyl (C=O) groups is 1. The second kappa shape index (κ2) is 5.07. The molecule has 108 valence electrons. The Labute approximate surface area is 114 Å². The molecule has 0 bridgehead atoms. The number of nitrogen functional groups attached to an aromatic ring is 1. The summed E-state index contributed by atoms with van der Waals surface area (Å²) in [4.78, 5) is 16.0. The first-order valence-corrected chi connectivity index (χ1v) is 6.24. The van der Waals surface area contributed by atoms with Crippen molar-refractivity contribution in [1.82, 2.24) is 14.9 Å². The maximum Gasteiger partial charge on any atom is 0.243 e. The fourth-order valence-corrected chi connectivity index (χ4v) is 2.06. The number of nitrogens with zero attached hydrogens (tertiary/aromatic N) is 2. The molecule has 0 aliphatic carbocycles. The topological polar surface area (TPSA) is 72.9 Å². The second-order valence-electron chi connectivity index (χ2n) is 4.91. The van der Waals surface area contributed by atoms with E-state index in [1.54, 1.807) is 20.8 Å². The van der Waals surface area contributed by atoms with Crippen LogP contribution in [0.25, 0.3) is 11.0 Å². The van der Waals surface area contributed by atoms with Crippen molar-refractivity contribution in [3.8, 4) is 0 Å². The van der Waals surface area contributed by atoms with Gasteiger partial charge in [-0.1, -0.05) is 0 Å². The van der Waals surface area contributed by atoms with Gasteiger partial charge in [0.05, 0.1) is 5.52 Å². The molecular weight excluding hydrogens is 266 g/mol. The summed E-state index contributed by atoms with van der Waals surface area (Å²) in [7, 11) is 0. The summed E-state index contributed by atoms with van der Waals surface area (Å²) >= 11 is 0. The number of amides is 1. The summed E-state index contributed by atoms with van der Waals surface area (Å²) in [6, 6.07) is 1.45. The lowest BCUT2D eigenvalue weighted by molar-refractivity contribution is -0.124. The minimum atomic E-state index is -1.06. The Morgan fingerprint density at radius 2 is 2.00 bits per heavy atom. The van der Waals surface area contributed by atoms with Crippen molar-refractivity contribution in [2.45, 2.75) is 32.9 Å². The molecule has 1 aromatic heterocycles. The lowest BCUT2D eigenvalue weighted by Gasteiger charge is -2.17. The number of fused-ring (bicyclic) bond motifs is 1. The maximum absolute atomic E-state index is 13.9. The highest BCUT2D eigenvalue weighted by atomic mass is 19.2. The van der Waals surface area contributed by atoms with Gasteiger partial charge in [0.15, 0.2) is 11.6 Å². The summed E-state index contributed by atoms with van der Waals surface area (Å²) in [6.45, 7) is 5.17. The zero-order valence-corrected chi connectivity index (χ0v) is 11.4. The number of aromatic nitrogens is 2. The minimum Gasteiger partial charge on any atom is -0.369 e. The molecule has 1 aromatic carbocycles. The molecule has 0 saturated carbocycles. The first-order valence-electron chi connectivity index (χ1n) is 6.24. The number of benzene rings is 1. The van der Waals surface area contributed by atoms with Crippen LogP contribution < -0.4 is 11.1 Å². The highest BCUT2D eigenvalue weighted by Gasteiger charge is 2.24. The largest absolute Gasteiger partial charge is 0.369 e. The number of carbonyl (C=O) groups excluding carboxylic acids is 1. The Balaban J connectivity index is 2.56. The Hall–Kier alpha value is -2.18. The van der Waals surface area contributed by atoms with E-state index in [4.69, 9.17) is 5.73 Å². The van der Waals surface area contributed by atoms with E-state index in [0.29, 0.717) is 0 Å². The number of halogens is 2. The first kappa shape index (κ1) is 14.2. The van der Waals surface area contributed by atoms with E-state index in [-0.39, 0.29) is 28.9 Å². The van der Waals surface area contributed by atoms with Crippen molar-refractivity contribution in [1.29, 1.82) is 0 Å². The van der Waals surface area contributed by atoms with Crippen LogP contribution in [0.3, 0.4) is 0 Å². The molecule has 1 atom stereocenters. The molecule has 7 heteroatoms. The van der Waals surface area contributed by atoms with E-state index in [9.17, 15) is 13.6 Å². The number of hydrogen-bond acceptors (Lipinski definition) is 3. The van der Waals surface area contributed by atoms with Gasteiger partial charge in [0.25, 0.3) is 0 Å². The Morgan fingerprint density at radius 1 is 1.35 bits per heavy atom. The summed E-state index contributed by atoms with van der Waals surface area (Å²) in [5, 5.41) is 2.70. The van der Waals surface area contributed by atoms with Gasteiger partial charge in [-0.2, -0.15) is 0 Å². The van der Waals surface area contributed by atoms with E-state index in [1.807, 2.05) is 0 Å². The van der Waals surface area contributed by atoms with Crippen molar-refractivity contribution >= 4 is 22.9 Å². The lowest BCUT2D eigenvalue weighted by Crippen LogP contribution is -2.36. The molecule has 0 radical (unpaired) electrons. The fraction of sp³-hybridized carbons (Fsp3) is 0.385. The molecule has 2 aromatic rings. The van der Waals surface area contributed by atoms with E-state index in [2.05, 4.69) is 10.3 Å². The number of rotatable bonds is 3. The Bertz CT molecular complexity index is 666. The SMILES string of the molecule is CC(C)NC(=O)C(C)n1c(N)nc2ccc(F)c(F)c21. The van der Waals surface area contributed by atoms with Gasteiger partial charge in [-0.25, -0.2) is 13.8 Å². The third-order valence-electron chi connectivity index (χ3n) is 2.97. The van der Waals surface area contributed by atoms with Crippen LogP contribution in [-0.4, -0.2) is 21.5 Å². The molecule has 0 saturated heterocycles. The first-order chi connectivity index (χ1) is 9.32. The Morgan fingerprint density at radius 3 is 2.60 bits per heavy atom. The number of nitrogens with one attached hydrogen (secondary N) is 1. The van der Waals surface area contributed by atoms with Crippen molar-refractivity contribution < 1.29 is 13.6 Å². The molecule has 0 aliphatic rings. The zero-order chi connectivity index (χ0) is 15.0. The number of imidazole rings is 1. The normalized spacial score (nSPS) is 12.9. The van der Waals surface area contributed by atoms with Gasteiger partial charge in [0, 0.05) is 6.04 Å². The monoisotopic (exact) mass is 282 g/mol. The van der Waals surface area contributed by atoms with Crippen LogP contribution in [0.1, 0.15) is 26.8 Å². The second-order valence-corrected chi connectivity index (χ2v) is 4.91. The predicted molar refractivity (Wildman–Crippen MR) is 72.1 cm³/mol. The van der Waals surface area contributed by atoms with Crippen LogP contribution >= 0.6 is 0 Å². The lowest BCUT2D eigenvalue weighted by atomic mass is 10.2. The van der Waals surface area contributed by atoms with Crippen molar-refractivity contribution in [3.05, 3.63) is 23.8 Å². The van der Waals surface area contributed by atoms with Crippen LogP contribution in [0.15, 0.2) is 12.1 Å². The van der Waals surface area contributed by atoms with Crippen molar-refractivity contribution in [2.24, 2.45) is 0 Å². The van der Waals surface area contributed by atoms with Crippen LogP contribution in [0.2, 0.25) is 0 Å². The van der Waals surface area contributed by atoms with E-state index >= 15 is 0 Å². The molecule has 0 aliphatic heterocycles. The number of hydrogen-bond donors (Lipinski definition) is 2. The smallest absolute Gasteiger partial charge is 0.243 e. The van der Waals surface area contributed by atoms with Gasteiger partial charge in [0.2, 0.25) is 11.9 Å². The van der Waals surface area contributed by atoms with Gasteiger partial charge in [-0.15, -0.1) is 0 Å². The summed E-state index contributed by atoms with van der Waals surface area (Å²) < 4.78 is 28.5. The van der Waals surface area contributed by atoms with Crippen LogP contribution in [0.4, 0.5) is 14.7 Å². The van der Waals surface area contributed by atoms with Gasteiger partial charge in [-0.3, -0.25) is 9.36 Å². The highest BCUT2D eigenvalue weighted by Crippen LogP contribution is 2.26. The van der Waals surface area contributed by atoms with Gasteiger partial charge < -0.3 is 11.1 Å². The van der Waals surface area contributed by atoms with Crippen LogP contribution in [-0.2, 0) is 4.79 Å². The van der Waals surface area contributed by atoms with E-state index < -0.39 is 17.7 Å². The minimum absolute atomic E-state index is 0.0316. The summed E-state index contributed by atoms with van der Waals surface area (Å²) in [5.74, 6) is -2.43. The predicted octanol–water partition coefficient (Wildman–Crippen LogP) is 1.98. The molecule has 2 rings (SSSR count). The Kier molecular flexibility index (Phi) is 3.61. The molecule has 0 spiro atoms. The van der Waals surface area contributed by atoms with Crippen molar-refractivity contribution in [2.75, 3.05) is 5.73 Å². The molecule has 1 amide bonds. The quantitative estimate of drug-likeness (QED) is 0.904. The third kappa shape index (κ3) is 2.31. The fourth-order valence-electron chi connectivity index (χ4n) is 2.06. The third-order valence-corrected chi connectivity index (χ3v) is 2.97. The summed E-state index contributed by atoms with van der Waals surface area (Å²) in [5.41, 5.74) is 5.84. The molecule has 1 unspecified atom stereocenters.